The summed E-state index contributed by atoms with van der Waals surface area (Å²) in [4.78, 5) is 0. The third-order valence-electron chi connectivity index (χ3n) is 2.10. The summed E-state index contributed by atoms with van der Waals surface area (Å²) in [6, 6.07) is 2.02. The van der Waals surface area contributed by atoms with Crippen LogP contribution >= 0.6 is 0 Å². The highest BCUT2D eigenvalue weighted by Crippen LogP contribution is 2.24. The van der Waals surface area contributed by atoms with E-state index in [4.69, 9.17) is 5.26 Å². The van der Waals surface area contributed by atoms with Crippen molar-refractivity contribution in [2.45, 2.75) is 38.3 Å². The van der Waals surface area contributed by atoms with Gasteiger partial charge in [0.25, 0.3) is 0 Å². The molecule has 2 heteroatoms. The zero-order chi connectivity index (χ0) is 7.40. The zero-order valence-electron chi connectivity index (χ0n) is 6.02. The van der Waals surface area contributed by atoms with E-state index in [1.54, 1.807) is 0 Å². The summed E-state index contributed by atoms with van der Waals surface area (Å²) < 4.78 is 12.9. The molecule has 56 valence electrons. The fraction of sp³-hybridized carbons (Fsp3) is 0.875. The molecule has 0 N–H and O–H groups in total. The zero-order valence-corrected chi connectivity index (χ0v) is 6.02. The van der Waals surface area contributed by atoms with Crippen molar-refractivity contribution in [2.24, 2.45) is 5.92 Å². The van der Waals surface area contributed by atoms with Gasteiger partial charge in [-0.3, -0.25) is 0 Å². The number of nitriles is 1. The van der Waals surface area contributed by atoms with Crippen molar-refractivity contribution < 1.29 is 4.39 Å². The van der Waals surface area contributed by atoms with E-state index in [0.29, 0.717) is 6.42 Å². The van der Waals surface area contributed by atoms with Gasteiger partial charge in [-0.05, 0) is 12.8 Å². The molecule has 0 spiro atoms. The van der Waals surface area contributed by atoms with Gasteiger partial charge in [-0.15, -0.1) is 0 Å². The lowest BCUT2D eigenvalue weighted by Gasteiger charge is -2.07. The molecule has 0 aromatic carbocycles. The van der Waals surface area contributed by atoms with E-state index < -0.39 is 6.17 Å². The first-order valence-corrected chi connectivity index (χ1v) is 3.88. The maximum absolute atomic E-state index is 12.9. The standard InChI is InChI=1S/C8H12FN/c9-8-5-3-1-2-4-7(8)6-10/h7-8H,1-5H2. The summed E-state index contributed by atoms with van der Waals surface area (Å²) in [7, 11) is 0. The van der Waals surface area contributed by atoms with Gasteiger partial charge in [0.1, 0.15) is 6.17 Å². The van der Waals surface area contributed by atoms with Gasteiger partial charge in [0.15, 0.2) is 0 Å². The monoisotopic (exact) mass is 141 g/mol. The second kappa shape index (κ2) is 3.55. The molecule has 1 aliphatic carbocycles. The van der Waals surface area contributed by atoms with E-state index in [2.05, 4.69) is 0 Å². The third kappa shape index (κ3) is 1.70. The van der Waals surface area contributed by atoms with Gasteiger partial charge in [0.05, 0.1) is 12.0 Å². The predicted molar refractivity (Wildman–Crippen MR) is 37.1 cm³/mol. The van der Waals surface area contributed by atoms with E-state index in [-0.39, 0.29) is 5.92 Å². The van der Waals surface area contributed by atoms with Gasteiger partial charge in [-0.25, -0.2) is 4.39 Å². The summed E-state index contributed by atoms with van der Waals surface area (Å²) in [5, 5.41) is 8.50. The van der Waals surface area contributed by atoms with Gasteiger partial charge in [-0.1, -0.05) is 19.3 Å². The Balaban J connectivity index is 2.45. The number of alkyl halides is 1. The van der Waals surface area contributed by atoms with Crippen molar-refractivity contribution in [2.75, 3.05) is 0 Å². The smallest absolute Gasteiger partial charge is 0.116 e. The van der Waals surface area contributed by atoms with E-state index in [0.717, 1.165) is 25.7 Å². The van der Waals surface area contributed by atoms with Crippen LogP contribution < -0.4 is 0 Å². The molecule has 1 saturated carbocycles. The molecule has 0 aromatic rings. The Kier molecular flexibility index (Phi) is 2.68. The molecule has 1 rings (SSSR count). The van der Waals surface area contributed by atoms with E-state index in [1.165, 1.54) is 0 Å². The van der Waals surface area contributed by atoms with Gasteiger partial charge >= 0.3 is 0 Å². The molecule has 1 fully saturated rings. The van der Waals surface area contributed by atoms with Gasteiger partial charge in [0.2, 0.25) is 0 Å². The van der Waals surface area contributed by atoms with Crippen LogP contribution in [0.25, 0.3) is 0 Å². The predicted octanol–water partition coefficient (Wildman–Crippen LogP) is 2.43. The summed E-state index contributed by atoms with van der Waals surface area (Å²) in [5.41, 5.74) is 0. The van der Waals surface area contributed by atoms with Gasteiger partial charge in [-0.2, -0.15) is 5.26 Å². The van der Waals surface area contributed by atoms with Crippen LogP contribution in [0.3, 0.4) is 0 Å². The average molecular weight is 141 g/mol. The fourth-order valence-electron chi connectivity index (χ4n) is 1.41. The maximum Gasteiger partial charge on any atom is 0.116 e. The van der Waals surface area contributed by atoms with E-state index in [1.807, 2.05) is 6.07 Å². The first kappa shape index (κ1) is 7.53. The molecule has 0 saturated heterocycles. The molecule has 1 nitrogen and oxygen atoms in total. The minimum atomic E-state index is -0.854. The SMILES string of the molecule is N#CC1CCCCCC1F. The topological polar surface area (TPSA) is 23.8 Å². The van der Waals surface area contributed by atoms with Crippen molar-refractivity contribution in [1.29, 1.82) is 5.26 Å². The van der Waals surface area contributed by atoms with Crippen molar-refractivity contribution in [3.05, 3.63) is 0 Å². The Morgan fingerprint density at radius 2 is 1.90 bits per heavy atom. The van der Waals surface area contributed by atoms with E-state index in [9.17, 15) is 4.39 Å². The highest BCUT2D eigenvalue weighted by Gasteiger charge is 2.22. The Morgan fingerprint density at radius 3 is 2.60 bits per heavy atom. The molecule has 10 heavy (non-hydrogen) atoms. The Morgan fingerprint density at radius 1 is 1.20 bits per heavy atom. The van der Waals surface area contributed by atoms with Crippen LogP contribution in [0, 0.1) is 17.2 Å². The lowest BCUT2D eigenvalue weighted by Crippen LogP contribution is -2.11. The van der Waals surface area contributed by atoms with Crippen LogP contribution in [0.4, 0.5) is 4.39 Å². The Labute approximate surface area is 60.8 Å². The normalized spacial score (nSPS) is 34.4. The van der Waals surface area contributed by atoms with Crippen molar-refractivity contribution in [3.63, 3.8) is 0 Å². The highest BCUT2D eigenvalue weighted by atomic mass is 19.1. The Bertz CT molecular complexity index is 139. The lowest BCUT2D eigenvalue weighted by molar-refractivity contribution is 0.254. The molecule has 0 amide bonds. The maximum atomic E-state index is 12.9. The number of nitrogens with zero attached hydrogens (tertiary/aromatic N) is 1. The number of hydrogen-bond donors (Lipinski definition) is 0. The van der Waals surface area contributed by atoms with Crippen molar-refractivity contribution in [3.8, 4) is 6.07 Å². The van der Waals surface area contributed by atoms with Crippen LogP contribution in [0.15, 0.2) is 0 Å². The number of rotatable bonds is 0. The average Bonchev–Trinajstić information content (AvgIpc) is 2.13. The van der Waals surface area contributed by atoms with Crippen LogP contribution in [0.5, 0.6) is 0 Å². The largest absolute Gasteiger partial charge is 0.246 e. The molecular weight excluding hydrogens is 129 g/mol. The van der Waals surface area contributed by atoms with Gasteiger partial charge < -0.3 is 0 Å². The summed E-state index contributed by atoms with van der Waals surface area (Å²) in [6.07, 6.45) is 3.58. The van der Waals surface area contributed by atoms with Crippen LogP contribution in [-0.2, 0) is 0 Å². The van der Waals surface area contributed by atoms with Crippen LogP contribution in [0.1, 0.15) is 32.1 Å². The minimum absolute atomic E-state index is 0.317. The molecule has 0 bridgehead atoms. The first-order chi connectivity index (χ1) is 4.84. The number of hydrogen-bond acceptors (Lipinski definition) is 1. The Hall–Kier alpha value is -0.580. The molecule has 1 aliphatic rings. The third-order valence-corrected chi connectivity index (χ3v) is 2.10. The molecule has 0 aromatic heterocycles. The molecule has 2 atom stereocenters. The molecule has 0 heterocycles. The number of halogens is 1. The molecule has 2 unspecified atom stereocenters. The second-order valence-electron chi connectivity index (χ2n) is 2.89. The lowest BCUT2D eigenvalue weighted by atomic mass is 10.0. The van der Waals surface area contributed by atoms with Gasteiger partial charge in [0, 0.05) is 0 Å². The van der Waals surface area contributed by atoms with E-state index >= 15 is 0 Å². The fourth-order valence-corrected chi connectivity index (χ4v) is 1.41. The second-order valence-corrected chi connectivity index (χ2v) is 2.89. The molecular formula is C8H12FN. The van der Waals surface area contributed by atoms with Crippen molar-refractivity contribution >= 4 is 0 Å². The van der Waals surface area contributed by atoms with Crippen LogP contribution in [0.2, 0.25) is 0 Å². The summed E-state index contributed by atoms with van der Waals surface area (Å²) >= 11 is 0. The first-order valence-electron chi connectivity index (χ1n) is 3.88. The highest BCUT2D eigenvalue weighted by molar-refractivity contribution is 4.89. The molecule has 0 aliphatic heterocycles. The quantitative estimate of drug-likeness (QED) is 0.475. The van der Waals surface area contributed by atoms with Crippen molar-refractivity contribution in [1.82, 2.24) is 0 Å². The minimum Gasteiger partial charge on any atom is -0.246 e. The summed E-state index contributed by atoms with van der Waals surface area (Å²) in [5.74, 6) is -0.317. The molecule has 0 radical (unpaired) electrons. The van der Waals surface area contributed by atoms with Crippen LogP contribution in [-0.4, -0.2) is 6.17 Å². The summed E-state index contributed by atoms with van der Waals surface area (Å²) in [6.45, 7) is 0.